The number of nitrogens with zero attached hydrogens (tertiary/aromatic N) is 2. The van der Waals surface area contributed by atoms with Gasteiger partial charge in [0.15, 0.2) is 5.69 Å². The van der Waals surface area contributed by atoms with Crippen molar-refractivity contribution >= 4 is 11.9 Å². The quantitative estimate of drug-likeness (QED) is 0.441. The highest BCUT2D eigenvalue weighted by Gasteiger charge is 2.66. The number of aromatic nitrogens is 1. The van der Waals surface area contributed by atoms with E-state index in [0.29, 0.717) is 0 Å². The molecule has 0 N–H and O–H groups in total. The van der Waals surface area contributed by atoms with E-state index >= 15 is 0 Å². The molecule has 2 nitrogen and oxygen atoms in total. The van der Waals surface area contributed by atoms with Crippen LogP contribution in [0.25, 0.3) is 5.70 Å². The van der Waals surface area contributed by atoms with E-state index in [-0.39, 0.29) is 5.66 Å². The standard InChI is InChI=1S/C24H17N2/c1-15-21-10-4-9-20-14-19-8-3-7-18-13-17-6-2-5-16-11-12-25(15)24(22(16)17,23(18)19)26(20)21/h2-10H,1,11,13-14H2/q+1. The van der Waals surface area contributed by atoms with Gasteiger partial charge in [-0.05, 0) is 41.2 Å². The predicted octanol–water partition coefficient (Wildman–Crippen LogP) is 3.03. The van der Waals surface area contributed by atoms with Crippen LogP contribution in [0.5, 0.6) is 0 Å². The van der Waals surface area contributed by atoms with E-state index in [1.165, 1.54) is 44.8 Å². The van der Waals surface area contributed by atoms with Crippen LogP contribution in [0.4, 0.5) is 0 Å². The summed E-state index contributed by atoms with van der Waals surface area (Å²) in [6.45, 7) is 4.48. The fourth-order valence-electron chi connectivity index (χ4n) is 5.85. The van der Waals surface area contributed by atoms with E-state index in [1.54, 1.807) is 0 Å². The Morgan fingerprint density at radius 1 is 0.808 bits per heavy atom. The first-order valence-corrected chi connectivity index (χ1v) is 9.30. The number of benzene rings is 2. The van der Waals surface area contributed by atoms with E-state index in [4.69, 9.17) is 0 Å². The molecule has 0 bridgehead atoms. The highest BCUT2D eigenvalue weighted by atomic mass is 15.4. The molecule has 4 heterocycles. The fraction of sp³-hybridized carbons (Fsp3) is 0.167. The van der Waals surface area contributed by atoms with Crippen molar-refractivity contribution in [1.82, 2.24) is 0 Å². The van der Waals surface area contributed by atoms with Crippen LogP contribution in [0.15, 0.2) is 61.2 Å². The molecule has 122 valence electrons. The molecule has 26 heavy (non-hydrogen) atoms. The third-order valence-corrected chi connectivity index (χ3v) is 6.64. The van der Waals surface area contributed by atoms with Gasteiger partial charge in [-0.2, -0.15) is 0 Å². The molecule has 2 aromatic carbocycles. The normalized spacial score (nSPS) is 22.6. The van der Waals surface area contributed by atoms with Crippen molar-refractivity contribution in [3.8, 4) is 0 Å². The molecule has 3 aliphatic heterocycles. The van der Waals surface area contributed by atoms with Crippen LogP contribution in [-0.2, 0) is 24.9 Å². The summed E-state index contributed by atoms with van der Waals surface area (Å²) in [5.41, 5.74) is 12.0. The second-order valence-corrected chi connectivity index (χ2v) is 7.78. The Balaban J connectivity index is 1.79. The Morgan fingerprint density at radius 2 is 1.46 bits per heavy atom. The van der Waals surface area contributed by atoms with Crippen LogP contribution in [0, 0.1) is 0 Å². The van der Waals surface area contributed by atoms with Crippen LogP contribution >= 0.6 is 0 Å². The van der Waals surface area contributed by atoms with Gasteiger partial charge in [-0.15, -0.1) is 11.1 Å². The first kappa shape index (κ1) is 13.2. The molecular formula is C24H17N2+. The highest BCUT2D eigenvalue weighted by Crippen LogP contribution is 2.51. The monoisotopic (exact) mass is 333 g/mol. The second-order valence-electron chi connectivity index (χ2n) is 7.78. The number of rotatable bonds is 0. The SMILES string of the molecule is C=C1c2cccc3[n+]2C24c5c(cccc5Cc5cccc(c52)C3)C[C-]=[N+]14. The van der Waals surface area contributed by atoms with E-state index in [9.17, 15) is 0 Å². The summed E-state index contributed by atoms with van der Waals surface area (Å²) >= 11 is 0. The lowest BCUT2D eigenvalue weighted by Gasteiger charge is -2.39. The van der Waals surface area contributed by atoms with Gasteiger partial charge in [-0.1, -0.05) is 42.5 Å². The smallest absolute Gasteiger partial charge is 0.288 e. The zero-order chi connectivity index (χ0) is 17.0. The first-order chi connectivity index (χ1) is 12.8. The third-order valence-electron chi connectivity index (χ3n) is 6.64. The Hall–Kier alpha value is -3.00. The average Bonchev–Trinajstić information content (AvgIpc) is 2.93. The zero-order valence-corrected chi connectivity index (χ0v) is 14.4. The van der Waals surface area contributed by atoms with E-state index in [2.05, 4.69) is 76.5 Å². The molecule has 3 aromatic rings. The lowest BCUT2D eigenvalue weighted by molar-refractivity contribution is -0.865. The van der Waals surface area contributed by atoms with Crippen molar-refractivity contribution in [2.24, 2.45) is 0 Å². The highest BCUT2D eigenvalue weighted by molar-refractivity contribution is 5.72. The third kappa shape index (κ3) is 1.19. The summed E-state index contributed by atoms with van der Waals surface area (Å²) in [6.07, 6.45) is 6.55. The van der Waals surface area contributed by atoms with Gasteiger partial charge in [0.2, 0.25) is 5.69 Å². The molecule has 1 aliphatic carbocycles. The molecule has 4 aliphatic rings. The van der Waals surface area contributed by atoms with E-state index < -0.39 is 0 Å². The lowest BCUT2D eigenvalue weighted by Crippen LogP contribution is -2.67. The molecule has 0 amide bonds. The zero-order valence-electron chi connectivity index (χ0n) is 14.4. The van der Waals surface area contributed by atoms with Gasteiger partial charge < -0.3 is 0 Å². The topological polar surface area (TPSA) is 6.89 Å². The van der Waals surface area contributed by atoms with Crippen molar-refractivity contribution < 1.29 is 9.14 Å². The van der Waals surface area contributed by atoms with Gasteiger partial charge in [0.1, 0.15) is 16.8 Å². The Morgan fingerprint density at radius 3 is 2.27 bits per heavy atom. The van der Waals surface area contributed by atoms with Crippen molar-refractivity contribution in [2.45, 2.75) is 24.9 Å². The molecule has 1 unspecified atom stereocenters. The summed E-state index contributed by atoms with van der Waals surface area (Å²) in [4.78, 5) is 0. The molecule has 0 saturated heterocycles. The van der Waals surface area contributed by atoms with Crippen LogP contribution in [0.1, 0.15) is 44.8 Å². The van der Waals surface area contributed by atoms with Crippen LogP contribution in [-0.4, -0.2) is 10.8 Å². The van der Waals surface area contributed by atoms with Gasteiger partial charge >= 0.3 is 5.66 Å². The van der Waals surface area contributed by atoms with Crippen LogP contribution in [0.2, 0.25) is 0 Å². The van der Waals surface area contributed by atoms with E-state index in [1.807, 2.05) is 0 Å². The predicted molar refractivity (Wildman–Crippen MR) is 99.3 cm³/mol. The summed E-state index contributed by atoms with van der Waals surface area (Å²) in [5.74, 6) is 0. The first-order valence-electron chi connectivity index (χ1n) is 9.30. The van der Waals surface area contributed by atoms with Gasteiger partial charge in [0, 0.05) is 12.3 Å². The van der Waals surface area contributed by atoms with E-state index in [0.717, 1.165) is 25.0 Å². The molecule has 1 spiro atoms. The lowest BCUT2D eigenvalue weighted by atomic mass is 9.70. The molecule has 1 atom stereocenters. The summed E-state index contributed by atoms with van der Waals surface area (Å²) < 4.78 is 4.90. The number of pyridine rings is 1. The van der Waals surface area contributed by atoms with Crippen molar-refractivity contribution in [1.29, 1.82) is 0 Å². The Kier molecular flexibility index (Phi) is 2.06. The Labute approximate surface area is 152 Å². The maximum absolute atomic E-state index is 4.48. The summed E-state index contributed by atoms with van der Waals surface area (Å²) in [6, 6.07) is 20.3. The molecule has 0 fully saturated rings. The molecule has 2 heteroatoms. The average molecular weight is 333 g/mol. The summed E-state index contributed by atoms with van der Waals surface area (Å²) in [7, 11) is 0. The maximum atomic E-state index is 4.48. The second kappa shape index (κ2) is 4.04. The minimum absolute atomic E-state index is 0.324. The molecule has 0 saturated carbocycles. The fourth-order valence-corrected chi connectivity index (χ4v) is 5.85. The maximum Gasteiger partial charge on any atom is 0.385 e. The van der Waals surface area contributed by atoms with Crippen molar-refractivity contribution in [3.05, 3.63) is 106 Å². The van der Waals surface area contributed by atoms with Crippen LogP contribution < -0.4 is 4.57 Å². The largest absolute Gasteiger partial charge is 0.385 e. The minimum Gasteiger partial charge on any atom is -0.288 e. The summed E-state index contributed by atoms with van der Waals surface area (Å²) in [5, 5.41) is 0. The Bertz CT molecular complexity index is 1220. The molecule has 7 rings (SSSR count). The van der Waals surface area contributed by atoms with Crippen LogP contribution in [0.3, 0.4) is 0 Å². The molecule has 1 aromatic heterocycles. The molecular weight excluding hydrogens is 316 g/mol. The van der Waals surface area contributed by atoms with Gasteiger partial charge in [0.25, 0.3) is 0 Å². The number of hydrogen-bond acceptors (Lipinski definition) is 0. The van der Waals surface area contributed by atoms with Gasteiger partial charge in [0.05, 0.1) is 6.42 Å². The minimum atomic E-state index is -0.324. The van der Waals surface area contributed by atoms with Gasteiger partial charge in [-0.3, -0.25) is 4.58 Å². The van der Waals surface area contributed by atoms with Gasteiger partial charge in [-0.25, -0.2) is 0 Å². The van der Waals surface area contributed by atoms with Crippen molar-refractivity contribution in [3.63, 3.8) is 0 Å². The molecule has 0 radical (unpaired) electrons. The number of hydrogen-bond donors (Lipinski definition) is 0. The van der Waals surface area contributed by atoms with Crippen molar-refractivity contribution in [2.75, 3.05) is 0 Å².